The molecule has 2 aliphatic heterocycles. The van der Waals surface area contributed by atoms with Crippen LogP contribution in [0.3, 0.4) is 0 Å². The van der Waals surface area contributed by atoms with E-state index in [1.165, 1.54) is 11.8 Å². The molecule has 3 rings (SSSR count). The van der Waals surface area contributed by atoms with Crippen LogP contribution in [0, 0.1) is 0 Å². The van der Waals surface area contributed by atoms with Gasteiger partial charge in [0.25, 0.3) is 0 Å². The quantitative estimate of drug-likeness (QED) is 0.798. The molecule has 0 aromatic heterocycles. The van der Waals surface area contributed by atoms with Crippen LogP contribution in [0.1, 0.15) is 25.3 Å². The van der Waals surface area contributed by atoms with Crippen LogP contribution in [0.25, 0.3) is 0 Å². The van der Waals surface area contributed by atoms with Crippen molar-refractivity contribution >= 4 is 11.9 Å². The third kappa shape index (κ3) is 1.58. The van der Waals surface area contributed by atoms with E-state index in [0.29, 0.717) is 18.4 Å². The second kappa shape index (κ2) is 4.06. The molecule has 0 aliphatic carbocycles. The Morgan fingerprint density at radius 2 is 2.11 bits per heavy atom. The molecule has 2 saturated heterocycles. The molecule has 19 heavy (non-hydrogen) atoms. The third-order valence-corrected chi connectivity index (χ3v) is 3.91. The summed E-state index contributed by atoms with van der Waals surface area (Å²) in [6, 6.07) is 8.76. The molecule has 2 fully saturated rings. The molecular weight excluding hydrogens is 246 g/mol. The van der Waals surface area contributed by atoms with E-state index in [0.717, 1.165) is 0 Å². The lowest BCUT2D eigenvalue weighted by molar-refractivity contribution is -0.275. The van der Waals surface area contributed by atoms with Crippen LogP contribution in [0.5, 0.6) is 0 Å². The van der Waals surface area contributed by atoms with Crippen LogP contribution in [0.2, 0.25) is 0 Å². The first-order valence-corrected chi connectivity index (χ1v) is 6.31. The van der Waals surface area contributed by atoms with Crippen molar-refractivity contribution in [1.82, 2.24) is 4.90 Å². The summed E-state index contributed by atoms with van der Waals surface area (Å²) in [4.78, 5) is 24.4. The van der Waals surface area contributed by atoms with E-state index < -0.39 is 17.8 Å². The first-order valence-electron chi connectivity index (χ1n) is 6.31. The second-order valence-electron chi connectivity index (χ2n) is 5.01. The molecule has 0 saturated carbocycles. The summed E-state index contributed by atoms with van der Waals surface area (Å²) in [5.41, 5.74) is -0.615. The number of amides is 1. The minimum Gasteiger partial charge on any atom is -0.438 e. The van der Waals surface area contributed by atoms with Gasteiger partial charge in [-0.1, -0.05) is 30.3 Å². The van der Waals surface area contributed by atoms with Crippen molar-refractivity contribution in [2.45, 2.75) is 37.6 Å². The maximum Gasteiger partial charge on any atom is 0.304 e. The molecule has 2 aliphatic rings. The van der Waals surface area contributed by atoms with Crippen LogP contribution in [-0.2, 0) is 19.9 Å². The highest BCUT2D eigenvalue weighted by atomic mass is 16.6. The van der Waals surface area contributed by atoms with Gasteiger partial charge in [-0.15, -0.1) is 0 Å². The van der Waals surface area contributed by atoms with Crippen molar-refractivity contribution in [2.75, 3.05) is 0 Å². The Bertz CT molecular complexity index is 530. The summed E-state index contributed by atoms with van der Waals surface area (Å²) < 4.78 is 5.16. The predicted molar refractivity (Wildman–Crippen MR) is 65.8 cm³/mol. The molecule has 1 amide bonds. The predicted octanol–water partition coefficient (Wildman–Crippen LogP) is 0.768. The van der Waals surface area contributed by atoms with Crippen molar-refractivity contribution in [3.8, 4) is 0 Å². The van der Waals surface area contributed by atoms with Gasteiger partial charge < -0.3 is 9.84 Å². The number of fused-ring (bicyclic) bond motifs is 1. The summed E-state index contributed by atoms with van der Waals surface area (Å²) in [5, 5.41) is 10.9. The highest BCUT2D eigenvalue weighted by molar-refractivity contribution is 5.82. The number of aliphatic hydroxyl groups is 1. The average Bonchev–Trinajstić information content (AvgIpc) is 2.75. The van der Waals surface area contributed by atoms with Gasteiger partial charge in [-0.25, -0.2) is 0 Å². The summed E-state index contributed by atoms with van der Waals surface area (Å²) in [6.07, 6.45) is 0.0620. The Kier molecular flexibility index (Phi) is 2.60. The van der Waals surface area contributed by atoms with Crippen molar-refractivity contribution in [3.05, 3.63) is 35.9 Å². The third-order valence-electron chi connectivity index (χ3n) is 3.91. The standard InChI is InChI=1S/C14H15NO4/c1-9(16)19-13-14(18,10-5-3-2-4-6-10)11-7-8-12(17)15(11)13/h2-6,11,13,18H,7-8H2,1H3/t11-,13?,14+/m0/s1. The molecule has 1 aromatic rings. The Balaban J connectivity index is 1.99. The van der Waals surface area contributed by atoms with Crippen molar-refractivity contribution < 1.29 is 19.4 Å². The number of hydrogen-bond donors (Lipinski definition) is 1. The van der Waals surface area contributed by atoms with E-state index in [9.17, 15) is 14.7 Å². The maximum absolute atomic E-state index is 11.8. The molecular formula is C14H15NO4. The number of nitrogens with zero attached hydrogens (tertiary/aromatic N) is 1. The highest BCUT2D eigenvalue weighted by Crippen LogP contribution is 2.50. The lowest BCUT2D eigenvalue weighted by atomic mass is 9.76. The fourth-order valence-corrected chi connectivity index (χ4v) is 3.07. The van der Waals surface area contributed by atoms with Gasteiger partial charge in [0, 0.05) is 13.3 Å². The van der Waals surface area contributed by atoms with Crippen LogP contribution >= 0.6 is 0 Å². The molecule has 0 radical (unpaired) electrons. The Hall–Kier alpha value is -1.88. The fraction of sp³-hybridized carbons (Fsp3) is 0.429. The molecule has 100 valence electrons. The largest absolute Gasteiger partial charge is 0.438 e. The number of rotatable bonds is 2. The molecule has 5 heteroatoms. The van der Waals surface area contributed by atoms with Crippen LogP contribution in [-0.4, -0.2) is 34.2 Å². The zero-order valence-corrected chi connectivity index (χ0v) is 10.6. The van der Waals surface area contributed by atoms with E-state index in [1.807, 2.05) is 18.2 Å². The maximum atomic E-state index is 11.8. The van der Waals surface area contributed by atoms with Gasteiger partial charge in [-0.3, -0.25) is 14.5 Å². The Morgan fingerprint density at radius 3 is 2.74 bits per heavy atom. The van der Waals surface area contributed by atoms with Crippen molar-refractivity contribution in [3.63, 3.8) is 0 Å². The van der Waals surface area contributed by atoms with Gasteiger partial charge in [0.1, 0.15) is 0 Å². The highest BCUT2D eigenvalue weighted by Gasteiger charge is 2.67. The molecule has 3 atom stereocenters. The van der Waals surface area contributed by atoms with Crippen molar-refractivity contribution in [2.24, 2.45) is 0 Å². The first-order chi connectivity index (χ1) is 9.05. The minimum absolute atomic E-state index is 0.0724. The zero-order valence-electron chi connectivity index (χ0n) is 10.6. The molecule has 1 unspecified atom stereocenters. The Labute approximate surface area is 110 Å². The molecule has 2 heterocycles. The monoisotopic (exact) mass is 261 g/mol. The average molecular weight is 261 g/mol. The molecule has 1 aromatic carbocycles. The van der Waals surface area contributed by atoms with Crippen LogP contribution < -0.4 is 0 Å². The lowest BCUT2D eigenvalue weighted by Gasteiger charge is -2.56. The van der Waals surface area contributed by atoms with E-state index in [2.05, 4.69) is 0 Å². The fourth-order valence-electron chi connectivity index (χ4n) is 3.07. The second-order valence-corrected chi connectivity index (χ2v) is 5.01. The van der Waals surface area contributed by atoms with Gasteiger partial charge in [0.2, 0.25) is 12.1 Å². The number of benzene rings is 1. The molecule has 0 bridgehead atoms. The summed E-state index contributed by atoms with van der Waals surface area (Å²) in [7, 11) is 0. The zero-order chi connectivity index (χ0) is 13.6. The van der Waals surface area contributed by atoms with E-state index in [4.69, 9.17) is 4.74 Å². The van der Waals surface area contributed by atoms with Crippen LogP contribution in [0.4, 0.5) is 0 Å². The topological polar surface area (TPSA) is 66.8 Å². The summed E-state index contributed by atoms with van der Waals surface area (Å²) in [6.45, 7) is 1.28. The minimum atomic E-state index is -1.29. The van der Waals surface area contributed by atoms with Crippen LogP contribution in [0.15, 0.2) is 30.3 Å². The summed E-state index contributed by atoms with van der Waals surface area (Å²) >= 11 is 0. The van der Waals surface area contributed by atoms with Gasteiger partial charge in [0.05, 0.1) is 6.04 Å². The van der Waals surface area contributed by atoms with Gasteiger partial charge in [0.15, 0.2) is 5.60 Å². The van der Waals surface area contributed by atoms with Gasteiger partial charge in [-0.2, -0.15) is 0 Å². The number of hydrogen-bond acceptors (Lipinski definition) is 4. The molecule has 5 nitrogen and oxygen atoms in total. The lowest BCUT2D eigenvalue weighted by Crippen LogP contribution is -2.73. The van der Waals surface area contributed by atoms with Gasteiger partial charge in [-0.05, 0) is 12.0 Å². The Morgan fingerprint density at radius 1 is 1.42 bits per heavy atom. The number of ether oxygens (including phenoxy) is 1. The smallest absolute Gasteiger partial charge is 0.304 e. The first kappa shape index (κ1) is 12.2. The van der Waals surface area contributed by atoms with Crippen molar-refractivity contribution in [1.29, 1.82) is 0 Å². The van der Waals surface area contributed by atoms with E-state index in [-0.39, 0.29) is 11.9 Å². The molecule has 1 N–H and O–H groups in total. The molecule has 0 spiro atoms. The van der Waals surface area contributed by atoms with E-state index >= 15 is 0 Å². The summed E-state index contributed by atoms with van der Waals surface area (Å²) in [5.74, 6) is -0.575. The normalized spacial score (nSPS) is 32.7. The van der Waals surface area contributed by atoms with E-state index in [1.54, 1.807) is 12.1 Å². The number of carbonyl (C=O) groups is 2. The SMILES string of the molecule is CC(=O)OC1N2C(=O)CC[C@H]2[C@]1(O)c1ccccc1. The van der Waals surface area contributed by atoms with Gasteiger partial charge >= 0.3 is 5.97 Å². The number of esters is 1. The number of carbonyl (C=O) groups excluding carboxylic acids is 2.